The summed E-state index contributed by atoms with van der Waals surface area (Å²) in [6.45, 7) is 0. The lowest BCUT2D eigenvalue weighted by Gasteiger charge is -2.06. The fraction of sp³-hybridized carbons (Fsp3) is 0.231. The standard InChI is InChI=1S/C13H12N4O2/c1-17-12(16-19-13(17)18)11-7-10(14-8-15-11)9-5-3-2-4-6-9/h3,5-8H,2,4H2,1H3. The van der Waals surface area contributed by atoms with Gasteiger partial charge in [-0.15, -0.1) is 0 Å². The van der Waals surface area contributed by atoms with Crippen LogP contribution in [0.4, 0.5) is 0 Å². The van der Waals surface area contributed by atoms with E-state index in [0.29, 0.717) is 11.5 Å². The van der Waals surface area contributed by atoms with E-state index in [4.69, 9.17) is 0 Å². The van der Waals surface area contributed by atoms with Gasteiger partial charge < -0.3 is 0 Å². The SMILES string of the molecule is Cn1c(-c2cc(C3=CCCC=C3)ncn2)noc1=O. The van der Waals surface area contributed by atoms with Crippen LogP contribution in [-0.2, 0) is 7.05 Å². The highest BCUT2D eigenvalue weighted by molar-refractivity contribution is 5.74. The molecule has 2 aromatic heterocycles. The van der Waals surface area contributed by atoms with Crippen molar-refractivity contribution in [1.82, 2.24) is 19.7 Å². The Kier molecular flexibility index (Phi) is 2.83. The number of hydrogen-bond acceptors (Lipinski definition) is 5. The summed E-state index contributed by atoms with van der Waals surface area (Å²) in [5.41, 5.74) is 2.44. The van der Waals surface area contributed by atoms with E-state index in [1.54, 1.807) is 13.1 Å². The van der Waals surface area contributed by atoms with Crippen LogP contribution in [0.3, 0.4) is 0 Å². The smallest absolute Gasteiger partial charge is 0.295 e. The fourth-order valence-electron chi connectivity index (χ4n) is 1.95. The zero-order chi connectivity index (χ0) is 13.2. The van der Waals surface area contributed by atoms with Crippen molar-refractivity contribution in [1.29, 1.82) is 0 Å². The Bertz CT molecular complexity index is 724. The molecule has 6 heteroatoms. The zero-order valence-electron chi connectivity index (χ0n) is 10.4. The van der Waals surface area contributed by atoms with Crippen LogP contribution in [0.15, 0.2) is 39.9 Å². The van der Waals surface area contributed by atoms with Crippen LogP contribution in [0.25, 0.3) is 17.1 Å². The molecule has 1 aliphatic carbocycles. The van der Waals surface area contributed by atoms with Gasteiger partial charge in [-0.05, 0) is 24.5 Å². The first-order chi connectivity index (χ1) is 9.25. The number of hydrogen-bond donors (Lipinski definition) is 0. The van der Waals surface area contributed by atoms with E-state index in [1.165, 1.54) is 10.9 Å². The molecular formula is C13H12N4O2. The molecular weight excluding hydrogens is 244 g/mol. The third kappa shape index (κ3) is 2.12. The van der Waals surface area contributed by atoms with Gasteiger partial charge in [0.15, 0.2) is 0 Å². The lowest BCUT2D eigenvalue weighted by Crippen LogP contribution is -2.10. The van der Waals surface area contributed by atoms with Crippen molar-refractivity contribution >= 4 is 5.57 Å². The Hall–Kier alpha value is -2.50. The van der Waals surface area contributed by atoms with Gasteiger partial charge in [0.05, 0.1) is 5.69 Å². The van der Waals surface area contributed by atoms with Crippen molar-refractivity contribution in [2.75, 3.05) is 0 Å². The summed E-state index contributed by atoms with van der Waals surface area (Å²) in [6.07, 6.45) is 9.81. The minimum atomic E-state index is -0.507. The van der Waals surface area contributed by atoms with Crippen molar-refractivity contribution in [2.24, 2.45) is 7.05 Å². The van der Waals surface area contributed by atoms with Gasteiger partial charge in [-0.1, -0.05) is 23.4 Å². The van der Waals surface area contributed by atoms with Gasteiger partial charge in [-0.2, -0.15) is 0 Å². The average Bonchev–Trinajstić information content (AvgIpc) is 2.80. The minimum Gasteiger partial charge on any atom is -0.295 e. The van der Waals surface area contributed by atoms with Gasteiger partial charge >= 0.3 is 5.76 Å². The van der Waals surface area contributed by atoms with Gasteiger partial charge in [0, 0.05) is 7.05 Å². The van der Waals surface area contributed by atoms with E-state index >= 15 is 0 Å². The molecule has 0 saturated carbocycles. The maximum atomic E-state index is 11.3. The summed E-state index contributed by atoms with van der Waals surface area (Å²) in [7, 11) is 1.59. The van der Waals surface area contributed by atoms with Gasteiger partial charge in [0.1, 0.15) is 12.0 Å². The molecule has 0 aliphatic heterocycles. The van der Waals surface area contributed by atoms with E-state index in [-0.39, 0.29) is 0 Å². The molecule has 0 aromatic carbocycles. The number of allylic oxidation sites excluding steroid dienone is 4. The molecule has 1 aliphatic rings. The van der Waals surface area contributed by atoms with E-state index in [1.807, 2.05) is 6.08 Å². The first kappa shape index (κ1) is 11.6. The second-order valence-electron chi connectivity index (χ2n) is 4.26. The van der Waals surface area contributed by atoms with E-state index < -0.39 is 5.76 Å². The summed E-state index contributed by atoms with van der Waals surface area (Å²) >= 11 is 0. The molecule has 0 N–H and O–H groups in total. The molecule has 19 heavy (non-hydrogen) atoms. The van der Waals surface area contributed by atoms with Crippen LogP contribution >= 0.6 is 0 Å². The maximum Gasteiger partial charge on any atom is 0.441 e. The van der Waals surface area contributed by atoms with Crippen molar-refractivity contribution < 1.29 is 4.52 Å². The van der Waals surface area contributed by atoms with Crippen molar-refractivity contribution in [2.45, 2.75) is 12.8 Å². The molecule has 6 nitrogen and oxygen atoms in total. The Labute approximate surface area is 109 Å². The van der Waals surface area contributed by atoms with Crippen LogP contribution < -0.4 is 5.76 Å². The first-order valence-electron chi connectivity index (χ1n) is 5.98. The van der Waals surface area contributed by atoms with Crippen LogP contribution in [0.1, 0.15) is 18.5 Å². The van der Waals surface area contributed by atoms with Crippen LogP contribution in [0.2, 0.25) is 0 Å². The highest BCUT2D eigenvalue weighted by atomic mass is 16.5. The Morgan fingerprint density at radius 1 is 1.26 bits per heavy atom. The number of rotatable bonds is 2. The summed E-state index contributed by atoms with van der Waals surface area (Å²) < 4.78 is 5.92. The highest BCUT2D eigenvalue weighted by Gasteiger charge is 2.12. The lowest BCUT2D eigenvalue weighted by molar-refractivity contribution is 0.380. The Balaban J connectivity index is 2.05. The molecule has 3 rings (SSSR count). The summed E-state index contributed by atoms with van der Waals surface area (Å²) in [5.74, 6) is -0.110. The Morgan fingerprint density at radius 3 is 2.79 bits per heavy atom. The molecule has 0 radical (unpaired) electrons. The van der Waals surface area contributed by atoms with Crippen LogP contribution in [0, 0.1) is 0 Å². The zero-order valence-corrected chi connectivity index (χ0v) is 10.4. The molecule has 96 valence electrons. The van der Waals surface area contributed by atoms with E-state index in [2.05, 4.69) is 31.8 Å². The second-order valence-corrected chi connectivity index (χ2v) is 4.26. The predicted molar refractivity (Wildman–Crippen MR) is 69.1 cm³/mol. The van der Waals surface area contributed by atoms with Gasteiger partial charge in [-0.3, -0.25) is 9.09 Å². The average molecular weight is 256 g/mol. The topological polar surface area (TPSA) is 73.8 Å². The third-order valence-electron chi connectivity index (χ3n) is 2.99. The fourth-order valence-corrected chi connectivity index (χ4v) is 1.95. The van der Waals surface area contributed by atoms with E-state index in [9.17, 15) is 4.79 Å². The first-order valence-corrected chi connectivity index (χ1v) is 5.98. The van der Waals surface area contributed by atoms with Gasteiger partial charge in [0.25, 0.3) is 0 Å². The van der Waals surface area contributed by atoms with Crippen molar-refractivity contribution in [3.8, 4) is 11.5 Å². The number of nitrogens with zero attached hydrogens (tertiary/aromatic N) is 4. The van der Waals surface area contributed by atoms with Gasteiger partial charge in [-0.25, -0.2) is 14.8 Å². The van der Waals surface area contributed by atoms with Crippen molar-refractivity contribution in [3.63, 3.8) is 0 Å². The highest BCUT2D eigenvalue weighted by Crippen LogP contribution is 2.22. The quantitative estimate of drug-likeness (QED) is 0.815. The third-order valence-corrected chi connectivity index (χ3v) is 2.99. The molecule has 0 saturated heterocycles. The Morgan fingerprint density at radius 2 is 2.11 bits per heavy atom. The molecule has 0 spiro atoms. The maximum absolute atomic E-state index is 11.3. The summed E-state index contributed by atoms with van der Waals surface area (Å²) in [6, 6.07) is 1.80. The molecule has 0 fully saturated rings. The molecule has 0 bridgehead atoms. The number of aromatic nitrogens is 4. The predicted octanol–water partition coefficient (Wildman–Crippen LogP) is 1.56. The van der Waals surface area contributed by atoms with E-state index in [0.717, 1.165) is 24.1 Å². The second kappa shape index (κ2) is 4.64. The minimum absolute atomic E-state index is 0.397. The summed E-state index contributed by atoms with van der Waals surface area (Å²) in [4.78, 5) is 19.7. The molecule has 2 aromatic rings. The normalized spacial score (nSPS) is 14.5. The molecule has 0 atom stereocenters. The van der Waals surface area contributed by atoms with Crippen LogP contribution in [0.5, 0.6) is 0 Å². The molecule has 2 heterocycles. The van der Waals surface area contributed by atoms with Crippen LogP contribution in [-0.4, -0.2) is 19.7 Å². The monoisotopic (exact) mass is 256 g/mol. The largest absolute Gasteiger partial charge is 0.441 e. The summed E-state index contributed by atoms with van der Waals surface area (Å²) in [5, 5.41) is 3.72. The van der Waals surface area contributed by atoms with Crippen molar-refractivity contribution in [3.05, 3.63) is 46.9 Å². The van der Waals surface area contributed by atoms with Gasteiger partial charge in [0.2, 0.25) is 5.82 Å². The molecule has 0 unspecified atom stereocenters. The lowest BCUT2D eigenvalue weighted by atomic mass is 10.0. The molecule has 0 amide bonds.